The Bertz CT molecular complexity index is 775. The van der Waals surface area contributed by atoms with E-state index in [0.29, 0.717) is 17.0 Å². The van der Waals surface area contributed by atoms with Gasteiger partial charge < -0.3 is 19.5 Å². The van der Waals surface area contributed by atoms with Crippen molar-refractivity contribution in [2.24, 2.45) is 0 Å². The van der Waals surface area contributed by atoms with Gasteiger partial charge in [0, 0.05) is 5.69 Å². The summed E-state index contributed by atoms with van der Waals surface area (Å²) in [7, 11) is 1.27. The maximum Gasteiger partial charge on any atom is 0.347 e. The first-order chi connectivity index (χ1) is 12.5. The molecule has 0 saturated carbocycles. The van der Waals surface area contributed by atoms with Gasteiger partial charge in [0.15, 0.2) is 12.7 Å². The number of benzene rings is 2. The van der Waals surface area contributed by atoms with E-state index < -0.39 is 30.6 Å². The largest absolute Gasteiger partial charge is 0.479 e. The van der Waals surface area contributed by atoms with Crippen LogP contribution in [0.3, 0.4) is 0 Å². The van der Waals surface area contributed by atoms with Gasteiger partial charge in [-0.3, -0.25) is 4.79 Å². The highest BCUT2D eigenvalue weighted by Crippen LogP contribution is 2.13. The van der Waals surface area contributed by atoms with Crippen molar-refractivity contribution in [1.29, 1.82) is 0 Å². The highest BCUT2D eigenvalue weighted by Gasteiger charge is 2.18. The molecule has 0 saturated heterocycles. The molecule has 1 N–H and O–H groups in total. The zero-order valence-corrected chi connectivity index (χ0v) is 14.4. The zero-order chi connectivity index (χ0) is 18.9. The van der Waals surface area contributed by atoms with E-state index in [1.165, 1.54) is 20.1 Å². The minimum atomic E-state index is -0.854. The lowest BCUT2D eigenvalue weighted by molar-refractivity contribution is -0.153. The Hall–Kier alpha value is -3.35. The lowest BCUT2D eigenvalue weighted by Gasteiger charge is -2.14. The number of carbonyl (C=O) groups is 3. The van der Waals surface area contributed by atoms with E-state index in [9.17, 15) is 14.4 Å². The maximum absolute atomic E-state index is 11.9. The molecule has 0 aliphatic rings. The number of hydrogen-bond acceptors (Lipinski definition) is 6. The van der Waals surface area contributed by atoms with Gasteiger partial charge in [0.1, 0.15) is 5.75 Å². The average Bonchev–Trinajstić information content (AvgIpc) is 2.66. The summed E-state index contributed by atoms with van der Waals surface area (Å²) in [6.07, 6.45) is -0.854. The van der Waals surface area contributed by atoms with Crippen LogP contribution in [0, 0.1) is 0 Å². The van der Waals surface area contributed by atoms with Crippen LogP contribution in [-0.2, 0) is 19.1 Å². The third-order valence-electron chi connectivity index (χ3n) is 3.30. The second-order valence-electron chi connectivity index (χ2n) is 5.30. The predicted molar refractivity (Wildman–Crippen MR) is 93.9 cm³/mol. The van der Waals surface area contributed by atoms with E-state index in [1.807, 2.05) is 6.07 Å². The molecule has 0 aliphatic heterocycles. The van der Waals surface area contributed by atoms with E-state index in [4.69, 9.17) is 9.47 Å². The summed E-state index contributed by atoms with van der Waals surface area (Å²) < 4.78 is 15.0. The third-order valence-corrected chi connectivity index (χ3v) is 3.30. The molecule has 0 aromatic heterocycles. The van der Waals surface area contributed by atoms with Crippen LogP contribution in [-0.4, -0.2) is 37.7 Å². The lowest BCUT2D eigenvalue weighted by atomic mass is 10.2. The minimum absolute atomic E-state index is 0.298. The Balaban J connectivity index is 1.82. The molecule has 0 spiro atoms. The summed E-state index contributed by atoms with van der Waals surface area (Å²) in [6, 6.07) is 15.0. The van der Waals surface area contributed by atoms with Gasteiger partial charge in [0.2, 0.25) is 0 Å². The number of anilines is 1. The van der Waals surface area contributed by atoms with Gasteiger partial charge in [-0.05, 0) is 37.3 Å². The molecule has 0 bridgehead atoms. The number of para-hydroxylation sites is 1. The van der Waals surface area contributed by atoms with Gasteiger partial charge in [-0.15, -0.1) is 0 Å². The van der Waals surface area contributed by atoms with Crippen LogP contribution < -0.4 is 10.1 Å². The van der Waals surface area contributed by atoms with Crippen LogP contribution in [0.4, 0.5) is 5.69 Å². The van der Waals surface area contributed by atoms with Crippen LogP contribution in [0.5, 0.6) is 5.75 Å². The smallest absolute Gasteiger partial charge is 0.347 e. The first-order valence-electron chi connectivity index (χ1n) is 7.86. The Kier molecular flexibility index (Phi) is 6.73. The number of carbonyl (C=O) groups excluding carboxylic acids is 3. The Morgan fingerprint density at radius 3 is 2.46 bits per heavy atom. The monoisotopic (exact) mass is 357 g/mol. The van der Waals surface area contributed by atoms with E-state index in [1.54, 1.807) is 42.5 Å². The van der Waals surface area contributed by atoms with Crippen molar-refractivity contribution in [3.8, 4) is 5.75 Å². The predicted octanol–water partition coefficient (Wildman–Crippen LogP) is 2.42. The molecule has 0 fully saturated rings. The van der Waals surface area contributed by atoms with E-state index in [-0.39, 0.29) is 0 Å². The number of hydrogen-bond donors (Lipinski definition) is 1. The molecule has 26 heavy (non-hydrogen) atoms. The molecule has 0 aliphatic carbocycles. The van der Waals surface area contributed by atoms with E-state index in [0.717, 1.165) is 0 Å². The molecular weight excluding hydrogens is 338 g/mol. The van der Waals surface area contributed by atoms with Gasteiger partial charge in [0.05, 0.1) is 12.7 Å². The van der Waals surface area contributed by atoms with Crippen LogP contribution in [0.2, 0.25) is 0 Å². The molecule has 1 unspecified atom stereocenters. The summed E-state index contributed by atoms with van der Waals surface area (Å²) in [6.45, 7) is 1.07. The normalized spacial score (nSPS) is 11.2. The summed E-state index contributed by atoms with van der Waals surface area (Å²) in [5, 5.41) is 2.54. The standard InChI is InChI=1S/C19H19NO6/c1-13(26-16-9-4-3-5-10-16)18(22)25-12-17(21)20-15-8-6-7-14(11-15)19(23)24-2/h3-11,13H,12H2,1-2H3,(H,20,21). The van der Waals surface area contributed by atoms with Crippen molar-refractivity contribution in [2.75, 3.05) is 19.0 Å². The van der Waals surface area contributed by atoms with E-state index in [2.05, 4.69) is 10.1 Å². The molecule has 136 valence electrons. The lowest BCUT2D eigenvalue weighted by Crippen LogP contribution is -2.29. The summed E-state index contributed by atoms with van der Waals surface area (Å²) >= 11 is 0. The molecule has 2 rings (SSSR count). The van der Waals surface area contributed by atoms with Gasteiger partial charge >= 0.3 is 11.9 Å². The molecule has 0 radical (unpaired) electrons. The quantitative estimate of drug-likeness (QED) is 0.765. The summed E-state index contributed by atoms with van der Waals surface area (Å²) in [4.78, 5) is 35.3. The molecule has 2 aromatic carbocycles. The van der Waals surface area contributed by atoms with Crippen molar-refractivity contribution in [2.45, 2.75) is 13.0 Å². The molecule has 1 atom stereocenters. The SMILES string of the molecule is COC(=O)c1cccc(NC(=O)COC(=O)C(C)Oc2ccccc2)c1. The van der Waals surface area contributed by atoms with Gasteiger partial charge in [0.25, 0.3) is 5.91 Å². The van der Waals surface area contributed by atoms with Gasteiger partial charge in [-0.1, -0.05) is 24.3 Å². The fourth-order valence-electron chi connectivity index (χ4n) is 2.04. The first-order valence-corrected chi connectivity index (χ1v) is 7.86. The molecule has 2 aromatic rings. The Morgan fingerprint density at radius 2 is 1.77 bits per heavy atom. The molecule has 7 heteroatoms. The van der Waals surface area contributed by atoms with Gasteiger partial charge in [-0.25, -0.2) is 9.59 Å². The fourth-order valence-corrected chi connectivity index (χ4v) is 2.04. The van der Waals surface area contributed by atoms with Crippen LogP contribution in [0.25, 0.3) is 0 Å². The molecule has 7 nitrogen and oxygen atoms in total. The topological polar surface area (TPSA) is 90.9 Å². The van der Waals surface area contributed by atoms with Crippen molar-refractivity contribution in [3.05, 3.63) is 60.2 Å². The Labute approximate surface area is 150 Å². The third kappa shape index (κ3) is 5.62. The van der Waals surface area contributed by atoms with Crippen LogP contribution >= 0.6 is 0 Å². The number of nitrogens with one attached hydrogen (secondary N) is 1. The highest BCUT2D eigenvalue weighted by molar-refractivity contribution is 5.95. The first kappa shape index (κ1) is 19.0. The van der Waals surface area contributed by atoms with Crippen LogP contribution in [0.1, 0.15) is 17.3 Å². The van der Waals surface area contributed by atoms with Gasteiger partial charge in [-0.2, -0.15) is 0 Å². The van der Waals surface area contributed by atoms with E-state index >= 15 is 0 Å². The van der Waals surface area contributed by atoms with Crippen LogP contribution in [0.15, 0.2) is 54.6 Å². The summed E-state index contributed by atoms with van der Waals surface area (Å²) in [5.41, 5.74) is 0.690. The number of esters is 2. The van der Waals surface area contributed by atoms with Crippen molar-refractivity contribution >= 4 is 23.5 Å². The summed E-state index contributed by atoms with van der Waals surface area (Å²) in [5.74, 6) is -1.18. The number of rotatable bonds is 7. The van der Waals surface area contributed by atoms with Crippen molar-refractivity contribution < 1.29 is 28.6 Å². The number of ether oxygens (including phenoxy) is 3. The second kappa shape index (κ2) is 9.22. The average molecular weight is 357 g/mol. The van der Waals surface area contributed by atoms with Crippen molar-refractivity contribution in [1.82, 2.24) is 0 Å². The van der Waals surface area contributed by atoms with Crippen molar-refractivity contribution in [3.63, 3.8) is 0 Å². The zero-order valence-electron chi connectivity index (χ0n) is 14.4. The molecule has 0 heterocycles. The second-order valence-corrected chi connectivity index (χ2v) is 5.30. The fraction of sp³-hybridized carbons (Fsp3) is 0.211. The molecular formula is C19H19NO6. The minimum Gasteiger partial charge on any atom is -0.479 e. The number of amides is 1. The maximum atomic E-state index is 11.9. The number of methoxy groups -OCH3 is 1. The Morgan fingerprint density at radius 1 is 1.04 bits per heavy atom. The highest BCUT2D eigenvalue weighted by atomic mass is 16.6. The molecule has 1 amide bonds.